The fourth-order valence-corrected chi connectivity index (χ4v) is 2.60. The van der Waals surface area contributed by atoms with Crippen LogP contribution in [0.1, 0.15) is 18.4 Å². The van der Waals surface area contributed by atoms with E-state index in [1.54, 1.807) is 0 Å². The second-order valence-corrected chi connectivity index (χ2v) is 6.12. The fraction of sp³-hybridized carbons (Fsp3) is 0.429. The first-order chi connectivity index (χ1) is 9.56. The number of halogens is 1. The molecule has 6 heteroatoms. The second-order valence-electron chi connectivity index (χ2n) is 4.88. The topological polar surface area (TPSA) is 78.4 Å². The third-order valence-corrected chi connectivity index (χ3v) is 4.06. The maximum atomic E-state index is 12.0. The molecule has 0 aliphatic carbocycles. The zero-order chi connectivity index (χ0) is 14.5. The summed E-state index contributed by atoms with van der Waals surface area (Å²) in [6, 6.07) is 6.48. The number of aliphatic carboxylic acids is 1. The lowest BCUT2D eigenvalue weighted by atomic mass is 10.1. The number of carbonyl (C=O) groups excluding carboxylic acids is 1. The number of benzene rings is 1. The molecule has 2 atom stereocenters. The van der Waals surface area contributed by atoms with E-state index in [-0.39, 0.29) is 11.9 Å². The van der Waals surface area contributed by atoms with Gasteiger partial charge in [-0.2, -0.15) is 0 Å². The van der Waals surface area contributed by atoms with Gasteiger partial charge in [0.1, 0.15) is 6.04 Å². The van der Waals surface area contributed by atoms with E-state index in [9.17, 15) is 14.7 Å². The van der Waals surface area contributed by atoms with Gasteiger partial charge in [0.2, 0.25) is 5.91 Å². The summed E-state index contributed by atoms with van der Waals surface area (Å²) >= 11 is 2.19. The van der Waals surface area contributed by atoms with Crippen molar-refractivity contribution in [3.05, 3.63) is 33.4 Å². The van der Waals surface area contributed by atoms with Crippen LogP contribution < -0.4 is 10.6 Å². The molecule has 0 aromatic heterocycles. The van der Waals surface area contributed by atoms with Crippen molar-refractivity contribution in [1.29, 1.82) is 0 Å². The Morgan fingerprint density at radius 1 is 1.40 bits per heavy atom. The number of nitrogens with one attached hydrogen (secondary N) is 2. The first-order valence-electron chi connectivity index (χ1n) is 6.57. The summed E-state index contributed by atoms with van der Waals surface area (Å²) in [4.78, 5) is 23.3. The van der Waals surface area contributed by atoms with Gasteiger partial charge in [0.25, 0.3) is 0 Å². The molecule has 1 amide bonds. The van der Waals surface area contributed by atoms with Crippen LogP contribution in [0.5, 0.6) is 0 Å². The monoisotopic (exact) mass is 388 g/mol. The molecule has 0 radical (unpaired) electrons. The van der Waals surface area contributed by atoms with Crippen LogP contribution in [0.25, 0.3) is 0 Å². The van der Waals surface area contributed by atoms with E-state index in [4.69, 9.17) is 0 Å². The van der Waals surface area contributed by atoms with E-state index in [1.165, 1.54) is 0 Å². The molecule has 0 unspecified atom stereocenters. The summed E-state index contributed by atoms with van der Waals surface area (Å²) in [6.45, 7) is 0.812. The number of carbonyl (C=O) groups is 2. The first-order valence-corrected chi connectivity index (χ1v) is 7.65. The van der Waals surface area contributed by atoms with E-state index in [0.717, 1.165) is 28.5 Å². The lowest BCUT2D eigenvalue weighted by Gasteiger charge is -2.17. The normalized spacial score (nSPS) is 19.6. The van der Waals surface area contributed by atoms with Crippen molar-refractivity contribution < 1.29 is 14.7 Å². The van der Waals surface area contributed by atoms with E-state index in [1.807, 2.05) is 24.3 Å². The third kappa shape index (κ3) is 4.17. The van der Waals surface area contributed by atoms with Gasteiger partial charge >= 0.3 is 5.97 Å². The minimum absolute atomic E-state index is 0.222. The highest BCUT2D eigenvalue weighted by Crippen LogP contribution is 2.10. The van der Waals surface area contributed by atoms with E-state index in [0.29, 0.717) is 6.42 Å². The highest BCUT2D eigenvalue weighted by molar-refractivity contribution is 14.1. The number of rotatable bonds is 5. The smallest absolute Gasteiger partial charge is 0.326 e. The Morgan fingerprint density at radius 2 is 2.10 bits per heavy atom. The Bertz CT molecular complexity index is 484. The van der Waals surface area contributed by atoms with Gasteiger partial charge in [-0.25, -0.2) is 4.79 Å². The molecule has 2 rings (SSSR count). The standard InChI is InChI=1S/C14H17IN2O3/c15-10-5-3-9(4-6-10)8-12(14(19)20)17-13(18)11-2-1-7-16-11/h3-6,11-12,16H,1-2,7-8H2,(H,17,18)(H,19,20)/t11-,12-/m0/s1. The molecule has 1 heterocycles. The number of carboxylic acids is 1. The van der Waals surface area contributed by atoms with Crippen molar-refractivity contribution in [3.63, 3.8) is 0 Å². The summed E-state index contributed by atoms with van der Waals surface area (Å²) < 4.78 is 1.09. The quantitative estimate of drug-likeness (QED) is 0.662. The lowest BCUT2D eigenvalue weighted by Crippen LogP contribution is -2.49. The van der Waals surface area contributed by atoms with Gasteiger partial charge in [-0.1, -0.05) is 12.1 Å². The minimum atomic E-state index is -1.00. The van der Waals surface area contributed by atoms with E-state index in [2.05, 4.69) is 33.2 Å². The second kappa shape index (κ2) is 7.03. The molecule has 20 heavy (non-hydrogen) atoms. The molecule has 0 bridgehead atoms. The van der Waals surface area contributed by atoms with Crippen molar-refractivity contribution in [3.8, 4) is 0 Å². The highest BCUT2D eigenvalue weighted by Gasteiger charge is 2.27. The van der Waals surface area contributed by atoms with Crippen molar-refractivity contribution in [1.82, 2.24) is 10.6 Å². The Hall–Kier alpha value is -1.15. The summed E-state index contributed by atoms with van der Waals surface area (Å²) in [5.41, 5.74) is 0.900. The van der Waals surface area contributed by atoms with Crippen LogP contribution in [0.4, 0.5) is 0 Å². The largest absolute Gasteiger partial charge is 0.480 e. The lowest BCUT2D eigenvalue weighted by molar-refractivity contribution is -0.142. The molecule has 0 saturated carbocycles. The van der Waals surface area contributed by atoms with Crippen LogP contribution >= 0.6 is 22.6 Å². The van der Waals surface area contributed by atoms with E-state index < -0.39 is 12.0 Å². The number of hydrogen-bond donors (Lipinski definition) is 3. The molecule has 1 saturated heterocycles. The molecular weight excluding hydrogens is 371 g/mol. The Morgan fingerprint density at radius 3 is 2.65 bits per heavy atom. The Balaban J connectivity index is 1.98. The number of hydrogen-bond acceptors (Lipinski definition) is 3. The molecule has 1 aromatic carbocycles. The summed E-state index contributed by atoms with van der Waals surface area (Å²) in [5, 5.41) is 14.9. The summed E-state index contributed by atoms with van der Waals surface area (Å²) in [6.07, 6.45) is 2.01. The Kier molecular flexibility index (Phi) is 5.36. The predicted octanol–water partition coefficient (Wildman–Crippen LogP) is 1.16. The average Bonchev–Trinajstić information content (AvgIpc) is 2.94. The van der Waals surface area contributed by atoms with Crippen molar-refractivity contribution >= 4 is 34.5 Å². The molecule has 1 fully saturated rings. The van der Waals surface area contributed by atoms with Crippen LogP contribution in [-0.4, -0.2) is 35.6 Å². The van der Waals surface area contributed by atoms with Crippen molar-refractivity contribution in [2.45, 2.75) is 31.3 Å². The zero-order valence-corrected chi connectivity index (χ0v) is 13.1. The molecular formula is C14H17IN2O3. The zero-order valence-electron chi connectivity index (χ0n) is 10.9. The first kappa shape index (κ1) is 15.2. The van der Waals surface area contributed by atoms with Gasteiger partial charge in [-0.05, 0) is 59.7 Å². The summed E-state index contributed by atoms with van der Waals surface area (Å²) in [5.74, 6) is -1.23. The maximum Gasteiger partial charge on any atom is 0.326 e. The van der Waals surface area contributed by atoms with Gasteiger partial charge in [0.15, 0.2) is 0 Å². The predicted molar refractivity (Wildman–Crippen MR) is 83.5 cm³/mol. The van der Waals surface area contributed by atoms with E-state index >= 15 is 0 Å². The van der Waals surface area contributed by atoms with Crippen LogP contribution in [0, 0.1) is 3.57 Å². The van der Waals surface area contributed by atoms with Crippen molar-refractivity contribution in [2.75, 3.05) is 6.54 Å². The Labute approximate surface area is 131 Å². The van der Waals surface area contributed by atoms with Crippen LogP contribution in [-0.2, 0) is 16.0 Å². The van der Waals surface area contributed by atoms with Gasteiger partial charge in [-0.3, -0.25) is 4.79 Å². The fourth-order valence-electron chi connectivity index (χ4n) is 2.24. The molecule has 3 N–H and O–H groups in total. The average molecular weight is 388 g/mol. The summed E-state index contributed by atoms with van der Waals surface area (Å²) in [7, 11) is 0. The molecule has 1 aliphatic rings. The van der Waals surface area contributed by atoms with Gasteiger partial charge in [-0.15, -0.1) is 0 Å². The van der Waals surface area contributed by atoms with Gasteiger partial charge < -0.3 is 15.7 Å². The molecule has 1 aromatic rings. The number of amides is 1. The van der Waals surface area contributed by atoms with Gasteiger partial charge in [0, 0.05) is 9.99 Å². The van der Waals surface area contributed by atoms with Crippen LogP contribution in [0.2, 0.25) is 0 Å². The molecule has 5 nitrogen and oxygen atoms in total. The molecule has 0 spiro atoms. The SMILES string of the molecule is O=C(O)[C@H](Cc1ccc(I)cc1)NC(=O)[C@@H]1CCCN1. The molecule has 1 aliphatic heterocycles. The van der Waals surface area contributed by atoms with Crippen molar-refractivity contribution in [2.24, 2.45) is 0 Å². The minimum Gasteiger partial charge on any atom is -0.480 e. The van der Waals surface area contributed by atoms with Crippen LogP contribution in [0.3, 0.4) is 0 Å². The van der Waals surface area contributed by atoms with Crippen LogP contribution in [0.15, 0.2) is 24.3 Å². The maximum absolute atomic E-state index is 12.0. The highest BCUT2D eigenvalue weighted by atomic mass is 127. The molecule has 108 valence electrons. The third-order valence-electron chi connectivity index (χ3n) is 3.34. The van der Waals surface area contributed by atoms with Gasteiger partial charge in [0.05, 0.1) is 6.04 Å². The number of carboxylic acid groups (broad SMARTS) is 1.